The van der Waals surface area contributed by atoms with Crippen molar-refractivity contribution in [2.75, 3.05) is 0 Å². The van der Waals surface area contributed by atoms with Gasteiger partial charge in [-0.15, -0.1) is 0 Å². The van der Waals surface area contributed by atoms with E-state index in [2.05, 4.69) is 5.32 Å². The van der Waals surface area contributed by atoms with Gasteiger partial charge in [0.25, 0.3) is 5.91 Å². The standard InChI is InChI=1S/C24H23N3O4/c1-15-3-2-4-19(11-15)23(28)27-13-20-10-9-18(22(25)26)12-21(20)31-14-16-5-7-17(8-6-16)24(29)30/h2-12H,13-14H2,1H3,(H3,25,26)(H,27,28)(H,29,30). The number of carboxylic acids is 1. The Morgan fingerprint density at radius 3 is 2.35 bits per heavy atom. The molecule has 0 radical (unpaired) electrons. The average Bonchev–Trinajstić information content (AvgIpc) is 2.76. The Labute approximate surface area is 180 Å². The smallest absolute Gasteiger partial charge is 0.335 e. The molecule has 0 unspecified atom stereocenters. The zero-order chi connectivity index (χ0) is 22.4. The van der Waals surface area contributed by atoms with E-state index in [-0.39, 0.29) is 30.5 Å². The molecule has 0 heterocycles. The lowest BCUT2D eigenvalue weighted by atomic mass is 10.1. The molecule has 0 bridgehead atoms. The van der Waals surface area contributed by atoms with Crippen LogP contribution in [0, 0.1) is 12.3 Å². The molecule has 5 N–H and O–H groups in total. The first-order chi connectivity index (χ1) is 14.8. The topological polar surface area (TPSA) is 126 Å². The van der Waals surface area contributed by atoms with Gasteiger partial charge >= 0.3 is 5.97 Å². The summed E-state index contributed by atoms with van der Waals surface area (Å²) in [7, 11) is 0. The molecule has 1 amide bonds. The van der Waals surface area contributed by atoms with Crippen molar-refractivity contribution in [2.45, 2.75) is 20.1 Å². The number of ether oxygens (including phenoxy) is 1. The van der Waals surface area contributed by atoms with E-state index in [1.807, 2.05) is 25.1 Å². The van der Waals surface area contributed by atoms with Crippen LogP contribution in [0.3, 0.4) is 0 Å². The third-order valence-corrected chi connectivity index (χ3v) is 4.69. The number of carbonyl (C=O) groups is 2. The quantitative estimate of drug-likeness (QED) is 0.330. The highest BCUT2D eigenvalue weighted by Gasteiger charge is 2.11. The van der Waals surface area contributed by atoms with E-state index in [0.29, 0.717) is 16.9 Å². The van der Waals surface area contributed by atoms with Crippen LogP contribution in [0.2, 0.25) is 0 Å². The normalized spacial score (nSPS) is 10.4. The summed E-state index contributed by atoms with van der Waals surface area (Å²) < 4.78 is 5.92. The minimum absolute atomic E-state index is 0.0917. The SMILES string of the molecule is Cc1cccc(C(=O)NCc2ccc(C(=N)N)cc2OCc2ccc(C(=O)O)cc2)c1. The highest BCUT2D eigenvalue weighted by molar-refractivity contribution is 5.96. The number of carboxylic acid groups (broad SMARTS) is 1. The van der Waals surface area contributed by atoms with Crippen LogP contribution in [0.25, 0.3) is 0 Å². The number of nitrogens with two attached hydrogens (primary N) is 1. The molecule has 0 aromatic heterocycles. The molecule has 0 aliphatic heterocycles. The van der Waals surface area contributed by atoms with Crippen molar-refractivity contribution in [3.8, 4) is 5.75 Å². The number of amidine groups is 1. The zero-order valence-corrected chi connectivity index (χ0v) is 17.0. The highest BCUT2D eigenvalue weighted by Crippen LogP contribution is 2.22. The fraction of sp³-hybridized carbons (Fsp3) is 0.125. The van der Waals surface area contributed by atoms with Crippen LogP contribution in [-0.4, -0.2) is 22.8 Å². The van der Waals surface area contributed by atoms with Crippen molar-refractivity contribution in [3.63, 3.8) is 0 Å². The van der Waals surface area contributed by atoms with Crippen molar-refractivity contribution in [2.24, 2.45) is 5.73 Å². The van der Waals surface area contributed by atoms with Crippen LogP contribution in [0.5, 0.6) is 5.75 Å². The Morgan fingerprint density at radius 2 is 1.71 bits per heavy atom. The van der Waals surface area contributed by atoms with Gasteiger partial charge in [0.2, 0.25) is 0 Å². The van der Waals surface area contributed by atoms with Gasteiger partial charge in [0.15, 0.2) is 0 Å². The van der Waals surface area contributed by atoms with Gasteiger partial charge in [-0.1, -0.05) is 42.0 Å². The Hall–Kier alpha value is -4.13. The maximum Gasteiger partial charge on any atom is 0.335 e. The van der Waals surface area contributed by atoms with Crippen LogP contribution >= 0.6 is 0 Å². The van der Waals surface area contributed by atoms with E-state index in [1.54, 1.807) is 36.4 Å². The maximum absolute atomic E-state index is 12.5. The predicted octanol–water partition coefficient (Wildman–Crippen LogP) is 3.49. The molecule has 7 heteroatoms. The number of hydrogen-bond acceptors (Lipinski definition) is 4. The average molecular weight is 417 g/mol. The van der Waals surface area contributed by atoms with Gasteiger partial charge in [-0.2, -0.15) is 0 Å². The van der Waals surface area contributed by atoms with Crippen LogP contribution in [0.4, 0.5) is 0 Å². The number of benzene rings is 3. The first-order valence-electron chi connectivity index (χ1n) is 9.60. The highest BCUT2D eigenvalue weighted by atomic mass is 16.5. The van der Waals surface area contributed by atoms with Crippen molar-refractivity contribution in [1.29, 1.82) is 5.41 Å². The van der Waals surface area contributed by atoms with E-state index in [0.717, 1.165) is 16.7 Å². The first-order valence-corrected chi connectivity index (χ1v) is 9.60. The molecule has 3 aromatic carbocycles. The molecule has 3 aromatic rings. The Morgan fingerprint density at radius 1 is 1.00 bits per heavy atom. The molecular formula is C24H23N3O4. The summed E-state index contributed by atoms with van der Waals surface area (Å²) in [5, 5.41) is 19.5. The van der Waals surface area contributed by atoms with Crippen LogP contribution < -0.4 is 15.8 Å². The number of aromatic carboxylic acids is 1. The molecule has 158 valence electrons. The lowest BCUT2D eigenvalue weighted by molar-refractivity contribution is 0.0696. The van der Waals surface area contributed by atoms with Crippen molar-refractivity contribution >= 4 is 17.7 Å². The molecule has 3 rings (SSSR count). The van der Waals surface area contributed by atoms with Gasteiger partial charge in [0.1, 0.15) is 18.2 Å². The number of carbonyl (C=O) groups excluding carboxylic acids is 1. The summed E-state index contributed by atoms with van der Waals surface area (Å²) >= 11 is 0. The van der Waals surface area contributed by atoms with Gasteiger partial charge in [0, 0.05) is 23.2 Å². The van der Waals surface area contributed by atoms with E-state index >= 15 is 0 Å². The molecule has 0 atom stereocenters. The molecule has 0 saturated heterocycles. The second-order valence-corrected chi connectivity index (χ2v) is 7.08. The molecule has 0 fully saturated rings. The lowest BCUT2D eigenvalue weighted by Gasteiger charge is -2.14. The third kappa shape index (κ3) is 5.70. The minimum atomic E-state index is -0.992. The Bertz CT molecular complexity index is 1120. The summed E-state index contributed by atoms with van der Waals surface area (Å²) in [6.45, 7) is 2.35. The fourth-order valence-corrected chi connectivity index (χ4v) is 2.97. The molecular weight excluding hydrogens is 394 g/mol. The predicted molar refractivity (Wildman–Crippen MR) is 118 cm³/mol. The molecule has 7 nitrogen and oxygen atoms in total. The second-order valence-electron chi connectivity index (χ2n) is 7.08. The van der Waals surface area contributed by atoms with Gasteiger partial charge in [0.05, 0.1) is 5.56 Å². The van der Waals surface area contributed by atoms with Crippen molar-refractivity contribution in [1.82, 2.24) is 5.32 Å². The summed E-state index contributed by atoms with van der Waals surface area (Å²) in [6.07, 6.45) is 0. The number of rotatable bonds is 8. The number of aryl methyl sites for hydroxylation is 1. The summed E-state index contributed by atoms with van der Waals surface area (Å²) in [6, 6.07) is 18.8. The van der Waals surface area contributed by atoms with Crippen molar-refractivity contribution in [3.05, 3.63) is 100 Å². The largest absolute Gasteiger partial charge is 0.489 e. The Kier molecular flexibility index (Phi) is 6.67. The summed E-state index contributed by atoms with van der Waals surface area (Å²) in [5.74, 6) is -0.798. The van der Waals surface area contributed by atoms with Crippen LogP contribution in [0.15, 0.2) is 66.7 Å². The van der Waals surface area contributed by atoms with Gasteiger partial charge < -0.3 is 20.9 Å². The molecule has 0 spiro atoms. The summed E-state index contributed by atoms with van der Waals surface area (Å²) in [4.78, 5) is 23.5. The van der Waals surface area contributed by atoms with Crippen molar-refractivity contribution < 1.29 is 19.4 Å². The Balaban J connectivity index is 1.74. The van der Waals surface area contributed by atoms with Gasteiger partial charge in [-0.05, 0) is 42.8 Å². The monoisotopic (exact) mass is 417 g/mol. The first kappa shape index (κ1) is 21.6. The van der Waals surface area contributed by atoms with E-state index in [9.17, 15) is 9.59 Å². The minimum Gasteiger partial charge on any atom is -0.489 e. The zero-order valence-electron chi connectivity index (χ0n) is 17.0. The lowest BCUT2D eigenvalue weighted by Crippen LogP contribution is -2.23. The number of nitrogens with one attached hydrogen (secondary N) is 2. The molecule has 0 saturated carbocycles. The second kappa shape index (κ2) is 9.58. The van der Waals surface area contributed by atoms with Gasteiger partial charge in [-0.25, -0.2) is 4.79 Å². The molecule has 0 aliphatic carbocycles. The number of hydrogen-bond donors (Lipinski definition) is 4. The van der Waals surface area contributed by atoms with Crippen LogP contribution in [0.1, 0.15) is 43.0 Å². The third-order valence-electron chi connectivity index (χ3n) is 4.69. The number of amides is 1. The van der Waals surface area contributed by atoms with Crippen LogP contribution in [-0.2, 0) is 13.2 Å². The molecule has 0 aliphatic rings. The van der Waals surface area contributed by atoms with E-state index in [4.69, 9.17) is 21.0 Å². The van der Waals surface area contributed by atoms with E-state index in [1.165, 1.54) is 12.1 Å². The van der Waals surface area contributed by atoms with Gasteiger partial charge in [-0.3, -0.25) is 10.2 Å². The fourth-order valence-electron chi connectivity index (χ4n) is 2.97. The maximum atomic E-state index is 12.5. The molecule has 31 heavy (non-hydrogen) atoms. The summed E-state index contributed by atoms with van der Waals surface area (Å²) in [5.41, 5.74) is 9.38. The van der Waals surface area contributed by atoms with E-state index < -0.39 is 5.97 Å². The number of nitrogen functional groups attached to an aromatic ring is 1.